The van der Waals surface area contributed by atoms with E-state index < -0.39 is 86.8 Å². The fraction of sp³-hybridized carbons (Fsp3) is 0.957. The Bertz CT molecular complexity index is 1460. The zero-order chi connectivity index (χ0) is 60.9. The third-order valence-electron chi connectivity index (χ3n) is 18.0. The van der Waals surface area contributed by atoms with Gasteiger partial charge >= 0.3 is 0 Å². The maximum Gasteiger partial charge on any atom is 0.220 e. The number of allylic oxidation sites excluding steroid dienone is 1. The number of hydrogen-bond acceptors (Lipinski definition) is 13. The van der Waals surface area contributed by atoms with Gasteiger partial charge in [-0.05, 0) is 19.3 Å². The van der Waals surface area contributed by atoms with Gasteiger partial charge in [0, 0.05) is 6.42 Å². The first-order chi connectivity index (χ1) is 41.1. The van der Waals surface area contributed by atoms with Gasteiger partial charge in [0.2, 0.25) is 5.91 Å². The molecule has 0 aliphatic carbocycles. The zero-order valence-corrected chi connectivity index (χ0v) is 54.2. The number of carbonyl (C=O) groups excluding carboxylic acids is 1. The van der Waals surface area contributed by atoms with E-state index in [9.17, 15) is 45.6 Å². The molecular weight excluding hydrogens is 1060 g/mol. The van der Waals surface area contributed by atoms with Crippen molar-refractivity contribution in [1.82, 2.24) is 5.32 Å². The topological polar surface area (TPSA) is 228 Å². The molecule has 2 saturated heterocycles. The summed E-state index contributed by atoms with van der Waals surface area (Å²) in [5.74, 6) is -0.233. The monoisotopic (exact) mass is 1200 g/mol. The fourth-order valence-electron chi connectivity index (χ4n) is 12.2. The number of rotatable bonds is 60. The van der Waals surface area contributed by atoms with Crippen LogP contribution in [0.25, 0.3) is 0 Å². The first-order valence-corrected chi connectivity index (χ1v) is 35.9. The van der Waals surface area contributed by atoms with Gasteiger partial charge < -0.3 is 65.1 Å². The maximum atomic E-state index is 13.3. The van der Waals surface area contributed by atoms with Crippen molar-refractivity contribution in [1.29, 1.82) is 0 Å². The van der Waals surface area contributed by atoms with Crippen LogP contribution in [-0.2, 0) is 23.7 Å². The van der Waals surface area contributed by atoms with E-state index in [0.717, 1.165) is 38.5 Å². The lowest BCUT2D eigenvalue weighted by molar-refractivity contribution is -0.359. The molecule has 14 nitrogen and oxygen atoms in total. The Morgan fingerprint density at radius 3 is 1.10 bits per heavy atom. The molecule has 0 spiro atoms. The minimum Gasteiger partial charge on any atom is -0.394 e. The largest absolute Gasteiger partial charge is 0.394 e. The van der Waals surface area contributed by atoms with E-state index in [1.165, 1.54) is 270 Å². The molecule has 2 rings (SSSR count). The molecule has 2 fully saturated rings. The first-order valence-electron chi connectivity index (χ1n) is 35.9. The van der Waals surface area contributed by atoms with Gasteiger partial charge in [-0.3, -0.25) is 4.79 Å². The van der Waals surface area contributed by atoms with E-state index in [-0.39, 0.29) is 18.9 Å². The minimum absolute atomic E-state index is 0.233. The van der Waals surface area contributed by atoms with Crippen molar-refractivity contribution in [3.8, 4) is 0 Å². The van der Waals surface area contributed by atoms with Crippen LogP contribution < -0.4 is 5.32 Å². The van der Waals surface area contributed by atoms with Crippen molar-refractivity contribution < 1.29 is 64.6 Å². The second-order valence-corrected chi connectivity index (χ2v) is 25.7. The number of carbonyl (C=O) groups is 1. The highest BCUT2D eigenvalue weighted by Crippen LogP contribution is 2.30. The molecule has 14 heteroatoms. The quantitative estimate of drug-likeness (QED) is 0.0204. The third-order valence-corrected chi connectivity index (χ3v) is 18.0. The van der Waals surface area contributed by atoms with Crippen LogP contribution in [0.3, 0.4) is 0 Å². The number of amides is 1. The van der Waals surface area contributed by atoms with E-state index in [4.69, 9.17) is 18.9 Å². The second kappa shape index (κ2) is 55.8. The van der Waals surface area contributed by atoms with Gasteiger partial charge in [-0.15, -0.1) is 0 Å². The number of ether oxygens (including phenoxy) is 4. The molecular formula is C70H135NO13. The second-order valence-electron chi connectivity index (χ2n) is 25.7. The van der Waals surface area contributed by atoms with Gasteiger partial charge in [0.1, 0.15) is 48.8 Å². The van der Waals surface area contributed by atoms with Gasteiger partial charge in [-0.1, -0.05) is 321 Å². The van der Waals surface area contributed by atoms with E-state index in [2.05, 4.69) is 19.2 Å². The fourth-order valence-corrected chi connectivity index (χ4v) is 12.2. The lowest BCUT2D eigenvalue weighted by Gasteiger charge is -2.46. The maximum absolute atomic E-state index is 13.3. The first kappa shape index (κ1) is 78.8. The van der Waals surface area contributed by atoms with Crippen LogP contribution in [0, 0.1) is 0 Å². The van der Waals surface area contributed by atoms with Crippen LogP contribution in [0.2, 0.25) is 0 Å². The van der Waals surface area contributed by atoms with Crippen LogP contribution >= 0.6 is 0 Å². The molecule has 1 amide bonds. The highest BCUT2D eigenvalue weighted by atomic mass is 16.7. The van der Waals surface area contributed by atoms with Crippen molar-refractivity contribution >= 4 is 5.91 Å². The van der Waals surface area contributed by atoms with Crippen LogP contribution in [0.15, 0.2) is 12.2 Å². The van der Waals surface area contributed by atoms with Crippen LogP contribution in [0.4, 0.5) is 0 Å². The summed E-state index contributed by atoms with van der Waals surface area (Å²) in [7, 11) is 0. The predicted molar refractivity (Wildman–Crippen MR) is 342 cm³/mol. The van der Waals surface area contributed by atoms with E-state index in [1.807, 2.05) is 6.08 Å². The van der Waals surface area contributed by atoms with Gasteiger partial charge in [0.25, 0.3) is 0 Å². The molecule has 0 bridgehead atoms. The van der Waals surface area contributed by atoms with Gasteiger partial charge in [0.05, 0.1) is 32.0 Å². The molecule has 12 unspecified atom stereocenters. The molecule has 0 aromatic rings. The minimum atomic E-state index is -1.79. The summed E-state index contributed by atoms with van der Waals surface area (Å²) in [6.07, 6.45) is 51.8. The average Bonchev–Trinajstić information content (AvgIpc) is 3.68. The summed E-state index contributed by atoms with van der Waals surface area (Å²) in [6.45, 7) is 2.83. The molecule has 0 aromatic carbocycles. The summed E-state index contributed by atoms with van der Waals surface area (Å²) in [6, 6.07) is -0.909. The molecule has 12 atom stereocenters. The highest BCUT2D eigenvalue weighted by molar-refractivity contribution is 5.76. The van der Waals surface area contributed by atoms with Crippen LogP contribution in [0.1, 0.15) is 335 Å². The van der Waals surface area contributed by atoms with E-state index in [1.54, 1.807) is 6.08 Å². The number of aliphatic hydroxyl groups is 8. The van der Waals surface area contributed by atoms with Crippen molar-refractivity contribution in [3.63, 3.8) is 0 Å². The summed E-state index contributed by atoms with van der Waals surface area (Å²) in [4.78, 5) is 13.3. The van der Waals surface area contributed by atoms with Gasteiger partial charge in [0.15, 0.2) is 12.6 Å². The summed E-state index contributed by atoms with van der Waals surface area (Å²) in [5.41, 5.74) is 0. The van der Waals surface area contributed by atoms with Crippen molar-refractivity contribution in [2.75, 3.05) is 19.8 Å². The molecule has 2 heterocycles. The Hall–Kier alpha value is -1.27. The lowest BCUT2D eigenvalue weighted by atomic mass is 9.97. The number of nitrogens with one attached hydrogen (secondary N) is 1. The van der Waals surface area contributed by atoms with E-state index >= 15 is 0 Å². The molecule has 2 aliphatic heterocycles. The lowest BCUT2D eigenvalue weighted by Crippen LogP contribution is -2.65. The Kier molecular flexibility index (Phi) is 52.3. The normalized spacial score (nSPS) is 23.6. The molecule has 498 valence electrons. The Morgan fingerprint density at radius 2 is 0.738 bits per heavy atom. The van der Waals surface area contributed by atoms with E-state index in [0.29, 0.717) is 6.42 Å². The van der Waals surface area contributed by atoms with Crippen LogP contribution in [-0.4, -0.2) is 140 Å². The standard InChI is InChI=1S/C70H135NO13/c1-3-5-7-9-11-13-15-17-18-19-20-21-22-23-24-25-26-27-28-29-30-31-32-33-34-35-36-37-38-39-40-41-42-44-46-48-50-52-54-62(75)71-58(59(74)53-51-49-47-45-43-16-14-12-10-8-6-4-2)57-81-69-67(80)65(78)68(61(56-73)83-69)84-70-66(79)64(77)63(76)60(55-72)82-70/h51,53,58-61,63-70,72-74,76-80H,3-50,52,54-57H2,1-2H3,(H,71,75)/b53-51+. The Labute approximate surface area is 514 Å². The number of unbranched alkanes of at least 4 members (excludes halogenated alkanes) is 47. The Balaban J connectivity index is 1.53. The molecule has 84 heavy (non-hydrogen) atoms. The van der Waals surface area contributed by atoms with Crippen molar-refractivity contribution in [2.24, 2.45) is 0 Å². The SMILES string of the molecule is CCCCCCCCCCCC/C=C/C(O)C(COC1OC(CO)C(OC2OC(CO)C(O)C(O)C2O)C(O)C1O)NC(=O)CCCCCCCCCCCCCCCCCCCCCCCCCCCCCCCCCCCCCCCC. The number of hydrogen-bond donors (Lipinski definition) is 9. The van der Waals surface area contributed by atoms with Crippen molar-refractivity contribution in [3.05, 3.63) is 12.2 Å². The predicted octanol–water partition coefficient (Wildman–Crippen LogP) is 14.6. The Morgan fingerprint density at radius 1 is 0.417 bits per heavy atom. The molecule has 0 radical (unpaired) electrons. The number of aliphatic hydroxyl groups excluding tert-OH is 8. The average molecular weight is 1200 g/mol. The zero-order valence-electron chi connectivity index (χ0n) is 54.2. The summed E-state index contributed by atoms with van der Waals surface area (Å²) < 4.78 is 22.8. The van der Waals surface area contributed by atoms with Gasteiger partial charge in [-0.25, -0.2) is 0 Å². The smallest absolute Gasteiger partial charge is 0.220 e. The molecule has 2 aliphatic rings. The molecule has 0 aromatic heterocycles. The molecule has 0 saturated carbocycles. The van der Waals surface area contributed by atoms with Gasteiger partial charge in [-0.2, -0.15) is 0 Å². The summed E-state index contributed by atoms with van der Waals surface area (Å²) >= 11 is 0. The highest BCUT2D eigenvalue weighted by Gasteiger charge is 2.51. The summed E-state index contributed by atoms with van der Waals surface area (Å²) in [5, 5.41) is 87.2. The molecule has 9 N–H and O–H groups in total. The van der Waals surface area contributed by atoms with Crippen LogP contribution in [0.5, 0.6) is 0 Å². The van der Waals surface area contributed by atoms with Crippen molar-refractivity contribution in [2.45, 2.75) is 408 Å². The third kappa shape index (κ3) is 39.7.